The van der Waals surface area contributed by atoms with Crippen LogP contribution in [0.5, 0.6) is 0 Å². The molecule has 2 aliphatic rings. The van der Waals surface area contributed by atoms with Gasteiger partial charge < -0.3 is 15.2 Å². The number of alkyl carbamates (subject to hydrolysis) is 1. The minimum atomic E-state index is -1.07. The van der Waals surface area contributed by atoms with Gasteiger partial charge in [-0.3, -0.25) is 14.6 Å². The van der Waals surface area contributed by atoms with E-state index in [2.05, 4.69) is 5.32 Å². The van der Waals surface area contributed by atoms with E-state index in [0.717, 1.165) is 31.2 Å². The predicted octanol–water partition coefficient (Wildman–Crippen LogP) is 1.76. The van der Waals surface area contributed by atoms with E-state index in [9.17, 15) is 19.5 Å². The number of carbonyl (C=O) groups is 3. The molecule has 2 saturated heterocycles. The minimum absolute atomic E-state index is 0.112. The van der Waals surface area contributed by atoms with E-state index in [1.165, 1.54) is 5.01 Å². The number of amides is 2. The van der Waals surface area contributed by atoms with Crippen molar-refractivity contribution in [1.82, 2.24) is 15.3 Å². The lowest BCUT2D eigenvalue weighted by molar-refractivity contribution is -0.164. The van der Waals surface area contributed by atoms with Crippen molar-refractivity contribution in [2.24, 2.45) is 0 Å². The third-order valence-electron chi connectivity index (χ3n) is 5.04. The molecule has 0 saturated carbocycles. The Balaban J connectivity index is 1.64. The van der Waals surface area contributed by atoms with E-state index < -0.39 is 30.6 Å². The van der Waals surface area contributed by atoms with Gasteiger partial charge in [0.2, 0.25) is 0 Å². The Morgan fingerprint density at radius 1 is 1.15 bits per heavy atom. The summed E-state index contributed by atoms with van der Waals surface area (Å²) < 4.78 is 5.20. The number of carboxylic acids is 1. The first kappa shape index (κ1) is 19.2. The highest BCUT2D eigenvalue weighted by Crippen LogP contribution is 2.27. The molecule has 146 valence electrons. The van der Waals surface area contributed by atoms with Crippen LogP contribution in [-0.2, 0) is 20.9 Å². The Kier molecular flexibility index (Phi) is 6.28. The molecule has 27 heavy (non-hydrogen) atoms. The number of hydrogen-bond acceptors (Lipinski definition) is 5. The van der Waals surface area contributed by atoms with Crippen LogP contribution in [0.2, 0.25) is 0 Å². The Hall–Kier alpha value is -2.61. The number of ether oxygens (including phenoxy) is 1. The summed E-state index contributed by atoms with van der Waals surface area (Å²) in [5.74, 6) is -1.46. The van der Waals surface area contributed by atoms with Gasteiger partial charge in [-0.25, -0.2) is 9.80 Å². The molecular weight excluding hydrogens is 350 g/mol. The highest BCUT2D eigenvalue weighted by molar-refractivity contribution is 5.88. The number of fused-ring (bicyclic) bond motifs is 1. The maximum absolute atomic E-state index is 12.9. The van der Waals surface area contributed by atoms with Crippen LogP contribution < -0.4 is 5.32 Å². The molecule has 2 heterocycles. The van der Waals surface area contributed by atoms with E-state index in [-0.39, 0.29) is 12.6 Å². The van der Waals surface area contributed by atoms with Crippen molar-refractivity contribution in [3.8, 4) is 0 Å². The summed E-state index contributed by atoms with van der Waals surface area (Å²) in [6, 6.07) is 8.62. The Morgan fingerprint density at radius 3 is 2.67 bits per heavy atom. The van der Waals surface area contributed by atoms with Gasteiger partial charge in [-0.2, -0.15) is 0 Å². The Morgan fingerprint density at radius 2 is 1.93 bits per heavy atom. The topological polar surface area (TPSA) is 99.2 Å². The summed E-state index contributed by atoms with van der Waals surface area (Å²) >= 11 is 0. The molecule has 2 fully saturated rings. The van der Waals surface area contributed by atoms with Gasteiger partial charge in [-0.15, -0.1) is 0 Å². The molecule has 1 unspecified atom stereocenters. The van der Waals surface area contributed by atoms with Crippen molar-refractivity contribution < 1.29 is 24.2 Å². The maximum Gasteiger partial charge on any atom is 0.408 e. The molecule has 8 heteroatoms. The summed E-state index contributed by atoms with van der Waals surface area (Å²) in [4.78, 5) is 36.3. The highest BCUT2D eigenvalue weighted by Gasteiger charge is 2.39. The van der Waals surface area contributed by atoms with Gasteiger partial charge in [0.1, 0.15) is 19.2 Å². The van der Waals surface area contributed by atoms with E-state index in [4.69, 9.17) is 4.74 Å². The van der Waals surface area contributed by atoms with Crippen LogP contribution in [0.4, 0.5) is 4.79 Å². The fraction of sp³-hybridized carbons (Fsp3) is 0.526. The van der Waals surface area contributed by atoms with Crippen molar-refractivity contribution in [3.63, 3.8) is 0 Å². The van der Waals surface area contributed by atoms with Crippen LogP contribution in [0.1, 0.15) is 37.7 Å². The smallest absolute Gasteiger partial charge is 0.408 e. The fourth-order valence-electron chi connectivity index (χ4n) is 3.72. The van der Waals surface area contributed by atoms with Gasteiger partial charge in [-0.1, -0.05) is 36.8 Å². The number of carboxylic acid groups (broad SMARTS) is 1. The number of aliphatic carboxylic acids is 1. The van der Waals surface area contributed by atoms with E-state index in [1.807, 2.05) is 35.3 Å². The Bertz CT molecular complexity index is 681. The van der Waals surface area contributed by atoms with Crippen LogP contribution in [-0.4, -0.2) is 58.3 Å². The zero-order valence-corrected chi connectivity index (χ0v) is 15.2. The van der Waals surface area contributed by atoms with Crippen molar-refractivity contribution >= 4 is 18.0 Å². The van der Waals surface area contributed by atoms with Gasteiger partial charge >= 0.3 is 12.1 Å². The molecule has 2 atom stereocenters. The standard InChI is InChI=1S/C19H25N3O5/c23-17(24)12-22-18(25)16(10-9-15-8-4-5-11-21(15)22)20-19(26)27-13-14-6-2-1-3-7-14/h1-3,6-7,15-16H,4-5,8-13H2,(H,20,26)(H,23,24)/t15?,16-/m0/s1. The van der Waals surface area contributed by atoms with Gasteiger partial charge in [-0.05, 0) is 31.2 Å². The molecule has 1 aromatic carbocycles. The lowest BCUT2D eigenvalue weighted by Gasteiger charge is -2.40. The first-order valence-corrected chi connectivity index (χ1v) is 9.31. The molecule has 2 N–H and O–H groups in total. The third kappa shape index (κ3) is 4.97. The zero-order valence-electron chi connectivity index (χ0n) is 15.2. The predicted molar refractivity (Wildman–Crippen MR) is 96.5 cm³/mol. The number of piperidine rings is 1. The number of hydrogen-bond donors (Lipinski definition) is 2. The molecule has 2 amide bonds. The maximum atomic E-state index is 12.9. The molecule has 0 aromatic heterocycles. The third-order valence-corrected chi connectivity index (χ3v) is 5.04. The van der Waals surface area contributed by atoms with Crippen molar-refractivity contribution in [3.05, 3.63) is 35.9 Å². The van der Waals surface area contributed by atoms with Gasteiger partial charge in [0.25, 0.3) is 5.91 Å². The first-order valence-electron chi connectivity index (χ1n) is 9.31. The van der Waals surface area contributed by atoms with Crippen molar-refractivity contribution in [2.45, 2.75) is 50.8 Å². The second kappa shape index (κ2) is 8.85. The SMILES string of the molecule is O=C(O)CN1C(=O)[C@@H](NC(=O)OCc2ccccc2)CCC2CCCCN21. The first-order chi connectivity index (χ1) is 13.0. The molecule has 0 bridgehead atoms. The van der Waals surface area contributed by atoms with Crippen molar-refractivity contribution in [1.29, 1.82) is 0 Å². The molecule has 1 aromatic rings. The summed E-state index contributed by atoms with van der Waals surface area (Å²) in [6.07, 6.45) is 3.44. The summed E-state index contributed by atoms with van der Waals surface area (Å²) in [5.41, 5.74) is 0.851. The number of benzene rings is 1. The molecular formula is C19H25N3O5. The lowest BCUT2D eigenvalue weighted by Crippen LogP contribution is -2.57. The number of carbonyl (C=O) groups excluding carboxylic acids is 2. The zero-order chi connectivity index (χ0) is 19.2. The van der Waals surface area contributed by atoms with Gasteiger partial charge in [0, 0.05) is 12.6 Å². The van der Waals surface area contributed by atoms with Crippen LogP contribution >= 0.6 is 0 Å². The second-order valence-electron chi connectivity index (χ2n) is 6.94. The fourth-order valence-corrected chi connectivity index (χ4v) is 3.72. The van der Waals surface area contributed by atoms with Crippen LogP contribution in [0.25, 0.3) is 0 Å². The molecule has 0 radical (unpaired) electrons. The van der Waals surface area contributed by atoms with Crippen LogP contribution in [0.3, 0.4) is 0 Å². The average Bonchev–Trinajstić information content (AvgIpc) is 2.79. The molecule has 8 nitrogen and oxygen atoms in total. The summed E-state index contributed by atoms with van der Waals surface area (Å²) in [5, 5.41) is 15.0. The molecule has 3 rings (SSSR count). The van der Waals surface area contributed by atoms with Crippen LogP contribution in [0, 0.1) is 0 Å². The second-order valence-corrected chi connectivity index (χ2v) is 6.94. The largest absolute Gasteiger partial charge is 0.480 e. The Labute approximate surface area is 158 Å². The van der Waals surface area contributed by atoms with E-state index >= 15 is 0 Å². The summed E-state index contributed by atoms with van der Waals surface area (Å²) in [7, 11) is 0. The number of rotatable bonds is 5. The monoisotopic (exact) mass is 375 g/mol. The van der Waals surface area contributed by atoms with Gasteiger partial charge in [0.15, 0.2) is 0 Å². The lowest BCUT2D eigenvalue weighted by atomic mass is 9.98. The van der Waals surface area contributed by atoms with Gasteiger partial charge in [0.05, 0.1) is 0 Å². The summed E-state index contributed by atoms with van der Waals surface area (Å²) in [6.45, 7) is 0.378. The molecule has 0 aliphatic carbocycles. The van der Waals surface area contributed by atoms with E-state index in [1.54, 1.807) is 0 Å². The number of nitrogens with one attached hydrogen (secondary N) is 1. The highest BCUT2D eigenvalue weighted by atomic mass is 16.5. The number of nitrogens with zero attached hydrogens (tertiary/aromatic N) is 2. The van der Waals surface area contributed by atoms with Crippen molar-refractivity contribution in [2.75, 3.05) is 13.1 Å². The quantitative estimate of drug-likeness (QED) is 0.814. The van der Waals surface area contributed by atoms with Crippen LogP contribution in [0.15, 0.2) is 30.3 Å². The average molecular weight is 375 g/mol. The molecule has 2 aliphatic heterocycles. The van der Waals surface area contributed by atoms with E-state index in [0.29, 0.717) is 13.0 Å². The minimum Gasteiger partial charge on any atom is -0.480 e. The molecule has 0 spiro atoms. The number of hydrazine groups is 1. The normalized spacial score (nSPS) is 23.3.